The van der Waals surface area contributed by atoms with Gasteiger partial charge in [0.2, 0.25) is 0 Å². The monoisotopic (exact) mass is 408 g/mol. The maximum Gasteiger partial charge on any atom is 0.260 e. The van der Waals surface area contributed by atoms with Crippen molar-refractivity contribution in [3.05, 3.63) is 60.7 Å². The van der Waals surface area contributed by atoms with Gasteiger partial charge < -0.3 is 14.4 Å². The molecule has 2 unspecified atom stereocenters. The van der Waals surface area contributed by atoms with Crippen LogP contribution in [-0.4, -0.2) is 60.1 Å². The van der Waals surface area contributed by atoms with E-state index in [0.717, 1.165) is 44.0 Å². The van der Waals surface area contributed by atoms with Crippen molar-refractivity contribution < 1.29 is 14.3 Å². The van der Waals surface area contributed by atoms with Crippen molar-refractivity contribution in [2.45, 2.75) is 44.9 Å². The molecule has 2 saturated heterocycles. The molecule has 2 aromatic carbocycles. The first-order valence-corrected chi connectivity index (χ1v) is 11.0. The molecular formula is C25H32N2O3. The third kappa shape index (κ3) is 4.78. The van der Waals surface area contributed by atoms with Crippen LogP contribution in [-0.2, 0) is 4.79 Å². The van der Waals surface area contributed by atoms with Crippen LogP contribution < -0.4 is 9.47 Å². The molecule has 0 spiro atoms. The first kappa shape index (κ1) is 20.7. The smallest absolute Gasteiger partial charge is 0.260 e. The van der Waals surface area contributed by atoms with Gasteiger partial charge in [0.05, 0.1) is 6.04 Å². The average Bonchev–Trinajstić information content (AvgIpc) is 2.76. The van der Waals surface area contributed by atoms with Gasteiger partial charge in [0, 0.05) is 25.7 Å². The summed E-state index contributed by atoms with van der Waals surface area (Å²) in [5.74, 6) is 2.31. The van der Waals surface area contributed by atoms with Crippen LogP contribution in [0.5, 0.6) is 11.5 Å². The number of nitrogens with zero attached hydrogens (tertiary/aromatic N) is 2. The normalized spacial score (nSPS) is 22.6. The molecule has 160 valence electrons. The summed E-state index contributed by atoms with van der Waals surface area (Å²) in [6, 6.07) is 20.6. The van der Waals surface area contributed by atoms with E-state index < -0.39 is 0 Å². The van der Waals surface area contributed by atoms with Gasteiger partial charge in [-0.25, -0.2) is 0 Å². The zero-order valence-corrected chi connectivity index (χ0v) is 17.9. The van der Waals surface area contributed by atoms with Crippen LogP contribution in [0, 0.1) is 5.92 Å². The number of hydrogen-bond acceptors (Lipinski definition) is 4. The summed E-state index contributed by atoms with van der Waals surface area (Å²) < 4.78 is 12.0. The van der Waals surface area contributed by atoms with Gasteiger partial charge in [-0.1, -0.05) is 36.4 Å². The topological polar surface area (TPSA) is 42.0 Å². The highest BCUT2D eigenvalue weighted by atomic mass is 16.5. The first-order chi connectivity index (χ1) is 14.6. The number of likely N-dealkylation sites (tertiary alicyclic amines) is 2. The highest BCUT2D eigenvalue weighted by Crippen LogP contribution is 2.36. The average molecular weight is 409 g/mol. The van der Waals surface area contributed by atoms with Crippen LogP contribution in [0.1, 0.15) is 26.7 Å². The Morgan fingerprint density at radius 1 is 0.967 bits per heavy atom. The zero-order valence-electron chi connectivity index (χ0n) is 17.9. The predicted octanol–water partition coefficient (Wildman–Crippen LogP) is 3.84. The lowest BCUT2D eigenvalue weighted by Crippen LogP contribution is -2.68. The van der Waals surface area contributed by atoms with Crippen LogP contribution in [0.2, 0.25) is 0 Å². The number of hydrogen-bond donors (Lipinski definition) is 0. The highest BCUT2D eigenvalue weighted by molar-refractivity contribution is 5.77. The number of benzene rings is 2. The molecule has 2 aromatic rings. The van der Waals surface area contributed by atoms with Gasteiger partial charge in [-0.2, -0.15) is 0 Å². The lowest BCUT2D eigenvalue weighted by Gasteiger charge is -2.54. The minimum absolute atomic E-state index is 0.0729. The molecule has 2 aliphatic heterocycles. The molecular weight excluding hydrogens is 376 g/mol. The van der Waals surface area contributed by atoms with Gasteiger partial charge in [0.25, 0.3) is 5.91 Å². The fourth-order valence-electron chi connectivity index (χ4n) is 4.67. The van der Waals surface area contributed by atoms with Crippen molar-refractivity contribution in [3.63, 3.8) is 0 Å². The van der Waals surface area contributed by atoms with Gasteiger partial charge in [-0.3, -0.25) is 9.69 Å². The summed E-state index contributed by atoms with van der Waals surface area (Å²) >= 11 is 0. The maximum atomic E-state index is 12.6. The van der Waals surface area contributed by atoms with Crippen molar-refractivity contribution >= 4 is 5.91 Å². The molecule has 5 nitrogen and oxygen atoms in total. The minimum atomic E-state index is 0.0729. The number of carbonyl (C=O) groups excluding carboxylic acids is 1. The summed E-state index contributed by atoms with van der Waals surface area (Å²) in [5.41, 5.74) is 0. The van der Waals surface area contributed by atoms with Gasteiger partial charge in [-0.15, -0.1) is 0 Å². The summed E-state index contributed by atoms with van der Waals surface area (Å²) in [5, 5.41) is 0. The Kier molecular flexibility index (Phi) is 6.58. The summed E-state index contributed by atoms with van der Waals surface area (Å²) in [6.07, 6.45) is 2.25. The third-order valence-electron chi connectivity index (χ3n) is 6.33. The fourth-order valence-corrected chi connectivity index (χ4v) is 4.67. The second-order valence-electron chi connectivity index (χ2n) is 8.57. The van der Waals surface area contributed by atoms with Crippen LogP contribution in [0.3, 0.4) is 0 Å². The van der Waals surface area contributed by atoms with E-state index in [1.807, 2.05) is 65.6 Å². The molecule has 5 heteroatoms. The van der Waals surface area contributed by atoms with Gasteiger partial charge in [0.1, 0.15) is 17.6 Å². The molecule has 2 heterocycles. The largest absolute Gasteiger partial charge is 0.487 e. The van der Waals surface area contributed by atoms with Gasteiger partial charge >= 0.3 is 0 Å². The number of amides is 1. The van der Waals surface area contributed by atoms with E-state index in [1.165, 1.54) is 0 Å². The molecule has 1 amide bonds. The van der Waals surface area contributed by atoms with E-state index in [9.17, 15) is 4.79 Å². The molecule has 0 saturated carbocycles. The van der Waals surface area contributed by atoms with E-state index in [1.54, 1.807) is 0 Å². The predicted molar refractivity (Wildman–Crippen MR) is 118 cm³/mol. The molecule has 0 N–H and O–H groups in total. The number of ether oxygens (including phenoxy) is 2. The quantitative estimate of drug-likeness (QED) is 0.698. The Hall–Kier alpha value is -2.53. The standard InChI is InChI=1S/C25H32N2O3/c1-19(2)27-17-23(30-22-11-7-4-8-12-22)25(27)20-13-15-26(16-14-20)24(28)18-29-21-9-5-3-6-10-21/h3-12,19-20,23,25H,13-18H2,1-2H3. The second kappa shape index (κ2) is 9.52. The number of carbonyl (C=O) groups is 1. The maximum absolute atomic E-state index is 12.6. The summed E-state index contributed by atoms with van der Waals surface area (Å²) in [6.45, 7) is 7.18. The molecule has 2 fully saturated rings. The van der Waals surface area contributed by atoms with Gasteiger partial charge in [-0.05, 0) is 56.9 Å². The molecule has 0 aliphatic carbocycles. The van der Waals surface area contributed by atoms with Crippen molar-refractivity contribution in [1.29, 1.82) is 0 Å². The summed E-state index contributed by atoms with van der Waals surface area (Å²) in [4.78, 5) is 17.1. The van der Waals surface area contributed by atoms with E-state index in [4.69, 9.17) is 9.47 Å². The molecule has 2 aliphatic rings. The highest BCUT2D eigenvalue weighted by Gasteiger charge is 2.47. The Balaban J connectivity index is 1.30. The number of para-hydroxylation sites is 2. The molecule has 0 bridgehead atoms. The molecule has 0 aromatic heterocycles. The SMILES string of the molecule is CC(C)N1CC(Oc2ccccc2)C1C1CCN(C(=O)COc2ccccc2)CC1. The Morgan fingerprint density at radius 2 is 1.57 bits per heavy atom. The molecule has 2 atom stereocenters. The Morgan fingerprint density at radius 3 is 2.17 bits per heavy atom. The summed E-state index contributed by atoms with van der Waals surface area (Å²) in [7, 11) is 0. The Bertz CT molecular complexity index is 804. The van der Waals surface area contributed by atoms with Crippen molar-refractivity contribution in [1.82, 2.24) is 9.80 Å². The van der Waals surface area contributed by atoms with Crippen LogP contribution >= 0.6 is 0 Å². The van der Waals surface area contributed by atoms with Crippen LogP contribution in [0.15, 0.2) is 60.7 Å². The van der Waals surface area contributed by atoms with Crippen molar-refractivity contribution in [2.24, 2.45) is 5.92 Å². The van der Waals surface area contributed by atoms with Crippen molar-refractivity contribution in [2.75, 3.05) is 26.2 Å². The molecule has 30 heavy (non-hydrogen) atoms. The van der Waals surface area contributed by atoms with Crippen LogP contribution in [0.4, 0.5) is 0 Å². The third-order valence-corrected chi connectivity index (χ3v) is 6.33. The van der Waals surface area contributed by atoms with Crippen LogP contribution in [0.25, 0.3) is 0 Å². The van der Waals surface area contributed by atoms with E-state index in [0.29, 0.717) is 18.0 Å². The number of rotatable bonds is 7. The van der Waals surface area contributed by atoms with Gasteiger partial charge in [0.15, 0.2) is 6.61 Å². The Labute approximate surface area is 179 Å². The molecule has 0 radical (unpaired) electrons. The fraction of sp³-hybridized carbons (Fsp3) is 0.480. The second-order valence-corrected chi connectivity index (χ2v) is 8.57. The lowest BCUT2D eigenvalue weighted by atomic mass is 9.79. The van der Waals surface area contributed by atoms with E-state index in [-0.39, 0.29) is 18.6 Å². The van der Waals surface area contributed by atoms with E-state index >= 15 is 0 Å². The van der Waals surface area contributed by atoms with E-state index in [2.05, 4.69) is 18.7 Å². The first-order valence-electron chi connectivity index (χ1n) is 11.0. The number of piperidine rings is 1. The zero-order chi connectivity index (χ0) is 20.9. The molecule has 4 rings (SSSR count). The lowest BCUT2D eigenvalue weighted by molar-refractivity contribution is -0.137. The van der Waals surface area contributed by atoms with Crippen molar-refractivity contribution in [3.8, 4) is 11.5 Å². The minimum Gasteiger partial charge on any atom is -0.487 e.